The van der Waals surface area contributed by atoms with Crippen molar-refractivity contribution in [3.8, 4) is 11.3 Å². The van der Waals surface area contributed by atoms with E-state index in [9.17, 15) is 4.79 Å². The molecular formula is C21H20ClN3OS2. The summed E-state index contributed by atoms with van der Waals surface area (Å²) in [5.41, 5.74) is 2.91. The van der Waals surface area contributed by atoms with Crippen molar-refractivity contribution in [1.82, 2.24) is 9.88 Å². The van der Waals surface area contributed by atoms with Crippen molar-refractivity contribution in [3.63, 3.8) is 0 Å². The Balaban J connectivity index is 1.38. The Morgan fingerprint density at radius 2 is 1.89 bits per heavy atom. The van der Waals surface area contributed by atoms with E-state index in [0.717, 1.165) is 34.9 Å². The van der Waals surface area contributed by atoms with Crippen LogP contribution in [0.25, 0.3) is 11.3 Å². The molecule has 0 bridgehead atoms. The highest BCUT2D eigenvalue weighted by molar-refractivity contribution is 7.18. The van der Waals surface area contributed by atoms with Gasteiger partial charge in [-0.2, -0.15) is 0 Å². The third-order valence-corrected chi connectivity index (χ3v) is 7.02. The smallest absolute Gasteiger partial charge is 0.173 e. The lowest BCUT2D eigenvalue weighted by molar-refractivity contribution is 0.0986. The van der Waals surface area contributed by atoms with Crippen LogP contribution in [0, 0.1) is 5.41 Å². The van der Waals surface area contributed by atoms with Crippen molar-refractivity contribution < 1.29 is 4.79 Å². The lowest BCUT2D eigenvalue weighted by atomic mass is 10.1. The molecule has 0 atom stereocenters. The first-order valence-electron chi connectivity index (χ1n) is 9.27. The average molecular weight is 430 g/mol. The summed E-state index contributed by atoms with van der Waals surface area (Å²) < 4.78 is 0.640. The highest BCUT2D eigenvalue weighted by atomic mass is 35.5. The molecule has 1 saturated heterocycles. The van der Waals surface area contributed by atoms with Gasteiger partial charge in [0.1, 0.15) is 5.84 Å². The largest absolute Gasteiger partial charge is 0.357 e. The number of thiazole rings is 1. The molecule has 1 N–H and O–H groups in total. The second kappa shape index (κ2) is 8.55. The molecule has 0 aliphatic carbocycles. The predicted octanol–water partition coefficient (Wildman–Crippen LogP) is 5.76. The lowest BCUT2D eigenvalue weighted by Crippen LogP contribution is -2.27. The van der Waals surface area contributed by atoms with Gasteiger partial charge in [0, 0.05) is 42.4 Å². The number of Topliss-reactive ketones (excluding diaryl/α,β-unsaturated/α-hetero) is 1. The van der Waals surface area contributed by atoms with E-state index in [4.69, 9.17) is 17.0 Å². The number of ketones is 1. The number of hydrogen-bond donors (Lipinski definition) is 1. The molecule has 3 heterocycles. The van der Waals surface area contributed by atoms with Gasteiger partial charge >= 0.3 is 0 Å². The van der Waals surface area contributed by atoms with Gasteiger partial charge in [-0.1, -0.05) is 35.9 Å². The molecule has 144 valence electrons. The number of nitrogens with zero attached hydrogens (tertiary/aromatic N) is 2. The van der Waals surface area contributed by atoms with E-state index in [-0.39, 0.29) is 5.78 Å². The zero-order valence-electron chi connectivity index (χ0n) is 15.3. The van der Waals surface area contributed by atoms with E-state index in [1.807, 2.05) is 29.6 Å². The van der Waals surface area contributed by atoms with Gasteiger partial charge in [-0.3, -0.25) is 10.2 Å². The minimum absolute atomic E-state index is 0.110. The molecule has 2 aromatic heterocycles. The average Bonchev–Trinajstić information content (AvgIpc) is 3.47. The van der Waals surface area contributed by atoms with Crippen LogP contribution in [-0.2, 0) is 6.42 Å². The number of benzene rings is 1. The van der Waals surface area contributed by atoms with Crippen molar-refractivity contribution in [1.29, 1.82) is 5.41 Å². The third-order valence-electron chi connectivity index (χ3n) is 4.84. The van der Waals surface area contributed by atoms with E-state index >= 15 is 0 Å². The van der Waals surface area contributed by atoms with Crippen LogP contribution in [0.2, 0.25) is 4.34 Å². The molecule has 28 heavy (non-hydrogen) atoms. The SMILES string of the molecule is N=C(c1ccc(-c2csc(CCC(=O)c3ccc(Cl)s3)n2)cc1)N1CCCC1. The maximum Gasteiger partial charge on any atom is 0.173 e. The van der Waals surface area contributed by atoms with E-state index in [2.05, 4.69) is 9.88 Å². The quantitative estimate of drug-likeness (QED) is 0.308. The second-order valence-electron chi connectivity index (χ2n) is 6.77. The Hall–Kier alpha value is -2.02. The summed E-state index contributed by atoms with van der Waals surface area (Å²) in [6.07, 6.45) is 3.42. The Labute approximate surface area is 177 Å². The maximum atomic E-state index is 12.2. The molecule has 1 aromatic carbocycles. The van der Waals surface area contributed by atoms with Crippen LogP contribution in [0.5, 0.6) is 0 Å². The van der Waals surface area contributed by atoms with E-state index in [1.54, 1.807) is 23.5 Å². The number of nitrogens with one attached hydrogen (secondary N) is 1. The van der Waals surface area contributed by atoms with Gasteiger partial charge in [0.05, 0.1) is 19.9 Å². The fourth-order valence-corrected chi connectivity index (χ4v) is 5.11. The van der Waals surface area contributed by atoms with Gasteiger partial charge in [-0.05, 0) is 25.0 Å². The molecule has 4 nitrogen and oxygen atoms in total. The Morgan fingerprint density at radius 3 is 2.57 bits per heavy atom. The normalized spacial score (nSPS) is 13.8. The number of rotatable bonds is 6. The zero-order valence-corrected chi connectivity index (χ0v) is 17.7. The molecule has 0 radical (unpaired) electrons. The van der Waals surface area contributed by atoms with Crippen LogP contribution in [0.3, 0.4) is 0 Å². The highest BCUT2D eigenvalue weighted by Gasteiger charge is 2.16. The number of thiophene rings is 1. The summed E-state index contributed by atoms with van der Waals surface area (Å²) in [6.45, 7) is 1.96. The van der Waals surface area contributed by atoms with Crippen LogP contribution >= 0.6 is 34.3 Å². The van der Waals surface area contributed by atoms with E-state index < -0.39 is 0 Å². The fourth-order valence-electron chi connectivity index (χ4n) is 3.29. The van der Waals surface area contributed by atoms with Crippen LogP contribution in [0.1, 0.15) is 39.5 Å². The van der Waals surface area contributed by atoms with Crippen LogP contribution in [-0.4, -0.2) is 34.6 Å². The van der Waals surface area contributed by atoms with Crippen molar-refractivity contribution >= 4 is 45.9 Å². The molecule has 0 spiro atoms. The number of aryl methyl sites for hydroxylation is 1. The minimum Gasteiger partial charge on any atom is -0.357 e. The molecule has 0 amide bonds. The topological polar surface area (TPSA) is 57.1 Å². The lowest BCUT2D eigenvalue weighted by Gasteiger charge is -2.18. The molecule has 3 aromatic rings. The van der Waals surface area contributed by atoms with Crippen molar-refractivity contribution in [2.75, 3.05) is 13.1 Å². The Morgan fingerprint density at radius 1 is 1.14 bits per heavy atom. The molecule has 1 aliphatic rings. The second-order valence-corrected chi connectivity index (χ2v) is 9.43. The van der Waals surface area contributed by atoms with Gasteiger partial charge in [0.25, 0.3) is 0 Å². The first-order chi connectivity index (χ1) is 13.6. The summed E-state index contributed by atoms with van der Waals surface area (Å²) in [5, 5.41) is 11.3. The van der Waals surface area contributed by atoms with Crippen LogP contribution < -0.4 is 0 Å². The van der Waals surface area contributed by atoms with E-state index in [0.29, 0.717) is 27.9 Å². The van der Waals surface area contributed by atoms with Crippen molar-refractivity contribution in [2.24, 2.45) is 0 Å². The number of halogens is 1. The zero-order chi connectivity index (χ0) is 19.5. The fraction of sp³-hybridized carbons (Fsp3) is 0.286. The molecule has 1 aliphatic heterocycles. The number of aromatic nitrogens is 1. The molecule has 7 heteroatoms. The Kier molecular flexibility index (Phi) is 5.90. The number of hydrogen-bond acceptors (Lipinski definition) is 5. The summed E-state index contributed by atoms with van der Waals surface area (Å²) in [7, 11) is 0. The molecule has 0 unspecified atom stereocenters. The first-order valence-corrected chi connectivity index (χ1v) is 11.3. The number of carbonyl (C=O) groups is 1. The van der Waals surface area contributed by atoms with Crippen molar-refractivity contribution in [2.45, 2.75) is 25.7 Å². The monoisotopic (exact) mass is 429 g/mol. The number of carbonyl (C=O) groups excluding carboxylic acids is 1. The van der Waals surface area contributed by atoms with Crippen LogP contribution in [0.15, 0.2) is 41.8 Å². The maximum absolute atomic E-state index is 12.2. The molecule has 1 fully saturated rings. The first kappa shape index (κ1) is 19.3. The predicted molar refractivity (Wildman–Crippen MR) is 117 cm³/mol. The van der Waals surface area contributed by atoms with E-state index in [1.165, 1.54) is 24.2 Å². The minimum atomic E-state index is 0.110. The Bertz CT molecular complexity index is 987. The van der Waals surface area contributed by atoms with Gasteiger partial charge in [-0.25, -0.2) is 4.98 Å². The molecular weight excluding hydrogens is 410 g/mol. The third kappa shape index (κ3) is 4.35. The van der Waals surface area contributed by atoms with Gasteiger partial charge in [-0.15, -0.1) is 22.7 Å². The summed E-state index contributed by atoms with van der Waals surface area (Å²) in [4.78, 5) is 19.7. The highest BCUT2D eigenvalue weighted by Crippen LogP contribution is 2.26. The molecule has 4 rings (SSSR count). The van der Waals surface area contributed by atoms with Gasteiger partial charge < -0.3 is 4.90 Å². The van der Waals surface area contributed by atoms with Crippen LogP contribution in [0.4, 0.5) is 0 Å². The molecule has 0 saturated carbocycles. The standard InChI is InChI=1S/C21H20ClN3OS2/c22-19-9-8-18(28-19)17(26)7-10-20-24-16(13-27-20)14-3-5-15(6-4-14)21(23)25-11-1-2-12-25/h3-6,8-9,13,23H,1-2,7,10-12H2. The number of likely N-dealkylation sites (tertiary alicyclic amines) is 1. The summed E-state index contributed by atoms with van der Waals surface area (Å²) >= 11 is 8.81. The summed E-state index contributed by atoms with van der Waals surface area (Å²) in [5.74, 6) is 0.716. The number of amidine groups is 1. The van der Waals surface area contributed by atoms with Crippen molar-refractivity contribution in [3.05, 3.63) is 61.6 Å². The van der Waals surface area contributed by atoms with Gasteiger partial charge in [0.15, 0.2) is 5.78 Å². The summed E-state index contributed by atoms with van der Waals surface area (Å²) in [6, 6.07) is 11.6. The van der Waals surface area contributed by atoms with Gasteiger partial charge in [0.2, 0.25) is 0 Å².